The Bertz CT molecular complexity index is 146. The monoisotopic (exact) mass is 148 g/mol. The van der Waals surface area contributed by atoms with E-state index in [2.05, 4.69) is 15.4 Å². The summed E-state index contributed by atoms with van der Waals surface area (Å²) in [4.78, 5) is 28.8. The lowest BCUT2D eigenvalue weighted by Gasteiger charge is -2.12. The average molecular weight is 148 g/mol. The maximum Gasteiger partial charge on any atom is 0.374 e. The lowest BCUT2D eigenvalue weighted by Crippen LogP contribution is -2.36. The summed E-state index contributed by atoms with van der Waals surface area (Å²) in [5.74, 6) is -0.680. The minimum absolute atomic E-state index is 0.280. The second-order valence-electron chi connectivity index (χ2n) is 1.36. The van der Waals surface area contributed by atoms with E-state index in [1.54, 1.807) is 0 Å². The van der Waals surface area contributed by atoms with Crippen LogP contribution in [-0.4, -0.2) is 24.3 Å². The van der Waals surface area contributed by atoms with Crippen LogP contribution < -0.4 is 5.73 Å². The minimum Gasteiger partial charge on any atom is -0.347 e. The number of hydroxylamine groups is 2. The zero-order chi connectivity index (χ0) is 8.15. The molecule has 0 aliphatic rings. The van der Waals surface area contributed by atoms with Crippen LogP contribution in [0.4, 0.5) is 4.79 Å². The van der Waals surface area contributed by atoms with Crippen molar-refractivity contribution in [2.75, 3.05) is 7.11 Å². The molecule has 0 saturated carbocycles. The van der Waals surface area contributed by atoms with Crippen molar-refractivity contribution in [2.24, 2.45) is 5.73 Å². The highest BCUT2D eigenvalue weighted by Crippen LogP contribution is 1.89. The average Bonchev–Trinajstić information content (AvgIpc) is 1.81. The summed E-state index contributed by atoms with van der Waals surface area (Å²) in [6.45, 7) is 1.12. The Morgan fingerprint density at radius 1 is 1.50 bits per heavy atom. The fourth-order valence-electron chi connectivity index (χ4n) is 0.289. The van der Waals surface area contributed by atoms with Gasteiger partial charge in [-0.05, 0) is 5.23 Å². The van der Waals surface area contributed by atoms with Gasteiger partial charge in [0.15, 0.2) is 0 Å². The van der Waals surface area contributed by atoms with Crippen LogP contribution in [0.15, 0.2) is 0 Å². The molecule has 0 spiro atoms. The summed E-state index contributed by atoms with van der Waals surface area (Å²) in [6, 6.07) is -0.988. The third-order valence-corrected chi connectivity index (χ3v) is 0.557. The summed E-state index contributed by atoms with van der Waals surface area (Å²) in [5.41, 5.74) is 4.68. The molecule has 0 aromatic rings. The van der Waals surface area contributed by atoms with Crippen LogP contribution in [-0.2, 0) is 14.5 Å². The largest absolute Gasteiger partial charge is 0.374 e. The SMILES string of the molecule is CON(OC(C)=O)C(N)=O. The third-order valence-electron chi connectivity index (χ3n) is 0.557. The van der Waals surface area contributed by atoms with E-state index >= 15 is 0 Å². The molecule has 0 unspecified atom stereocenters. The van der Waals surface area contributed by atoms with Crippen LogP contribution in [0.5, 0.6) is 0 Å². The summed E-state index contributed by atoms with van der Waals surface area (Å²) in [6.07, 6.45) is 0. The molecule has 0 saturated heterocycles. The topological polar surface area (TPSA) is 81.9 Å². The standard InChI is InChI=1S/C4H8N2O4/c1-3(7)10-6(9-2)4(5)8/h1-2H3,(H2,5,8). The van der Waals surface area contributed by atoms with Gasteiger partial charge in [0.1, 0.15) is 0 Å². The predicted molar refractivity (Wildman–Crippen MR) is 30.2 cm³/mol. The number of nitrogens with two attached hydrogens (primary N) is 1. The van der Waals surface area contributed by atoms with Crippen LogP contribution in [0, 0.1) is 0 Å². The van der Waals surface area contributed by atoms with E-state index in [4.69, 9.17) is 0 Å². The second kappa shape index (κ2) is 3.67. The quantitative estimate of drug-likeness (QED) is 0.503. The van der Waals surface area contributed by atoms with E-state index in [-0.39, 0.29) is 5.23 Å². The number of carbonyl (C=O) groups excluding carboxylic acids is 2. The Morgan fingerprint density at radius 2 is 2.00 bits per heavy atom. The van der Waals surface area contributed by atoms with E-state index in [1.807, 2.05) is 0 Å². The van der Waals surface area contributed by atoms with Crippen LogP contribution in [0.25, 0.3) is 0 Å². The molecule has 0 aliphatic carbocycles. The lowest BCUT2D eigenvalue weighted by atomic mass is 10.8. The Kier molecular flexibility index (Phi) is 3.20. The third kappa shape index (κ3) is 2.88. The van der Waals surface area contributed by atoms with Gasteiger partial charge in [-0.3, -0.25) is 0 Å². The van der Waals surface area contributed by atoms with Gasteiger partial charge in [0, 0.05) is 6.92 Å². The van der Waals surface area contributed by atoms with E-state index in [0.717, 1.165) is 14.0 Å². The molecule has 0 bridgehead atoms. The van der Waals surface area contributed by atoms with E-state index in [0.29, 0.717) is 0 Å². The van der Waals surface area contributed by atoms with E-state index < -0.39 is 12.0 Å². The number of carbonyl (C=O) groups is 2. The highest BCUT2D eigenvalue weighted by molar-refractivity contribution is 5.73. The van der Waals surface area contributed by atoms with Crippen molar-refractivity contribution >= 4 is 12.0 Å². The molecule has 2 amide bonds. The first-order valence-corrected chi connectivity index (χ1v) is 2.40. The van der Waals surface area contributed by atoms with E-state index in [9.17, 15) is 9.59 Å². The Hall–Kier alpha value is -1.30. The molecule has 0 rings (SSSR count). The van der Waals surface area contributed by atoms with Crippen LogP contribution in [0.1, 0.15) is 6.92 Å². The van der Waals surface area contributed by atoms with Crippen molar-refractivity contribution in [3.8, 4) is 0 Å². The molecular formula is C4H8N2O4. The van der Waals surface area contributed by atoms with Crippen molar-refractivity contribution in [2.45, 2.75) is 6.92 Å². The molecule has 0 radical (unpaired) electrons. The van der Waals surface area contributed by atoms with E-state index in [1.165, 1.54) is 0 Å². The number of hydrogen-bond donors (Lipinski definition) is 1. The van der Waals surface area contributed by atoms with Crippen molar-refractivity contribution in [1.29, 1.82) is 0 Å². The zero-order valence-electron chi connectivity index (χ0n) is 5.66. The molecule has 0 aromatic carbocycles. The first-order valence-electron chi connectivity index (χ1n) is 2.40. The van der Waals surface area contributed by atoms with Gasteiger partial charge in [0.2, 0.25) is 0 Å². The number of primary amides is 1. The second-order valence-corrected chi connectivity index (χ2v) is 1.36. The fourth-order valence-corrected chi connectivity index (χ4v) is 0.289. The van der Waals surface area contributed by atoms with Crippen LogP contribution in [0.3, 0.4) is 0 Å². The first-order chi connectivity index (χ1) is 4.57. The fraction of sp³-hybridized carbons (Fsp3) is 0.500. The number of nitrogens with zero attached hydrogens (tertiary/aromatic N) is 1. The number of rotatable bonds is 1. The van der Waals surface area contributed by atoms with Gasteiger partial charge >= 0.3 is 12.0 Å². The van der Waals surface area contributed by atoms with Crippen molar-refractivity contribution in [3.05, 3.63) is 0 Å². The molecule has 6 heteroatoms. The molecule has 0 fully saturated rings. The Balaban J connectivity index is 3.83. The molecule has 2 N–H and O–H groups in total. The maximum atomic E-state index is 10.2. The molecule has 0 aromatic heterocycles. The van der Waals surface area contributed by atoms with Gasteiger partial charge in [-0.2, -0.15) is 0 Å². The highest BCUT2D eigenvalue weighted by atomic mass is 17.0. The zero-order valence-corrected chi connectivity index (χ0v) is 5.66. The first kappa shape index (κ1) is 8.70. The van der Waals surface area contributed by atoms with Gasteiger partial charge in [0.25, 0.3) is 0 Å². The van der Waals surface area contributed by atoms with Gasteiger partial charge in [-0.25, -0.2) is 14.4 Å². The maximum absolute atomic E-state index is 10.2. The van der Waals surface area contributed by atoms with Crippen LogP contribution >= 0.6 is 0 Å². The number of hydrogen-bond acceptors (Lipinski definition) is 4. The number of urea groups is 1. The Labute approximate surface area is 57.4 Å². The van der Waals surface area contributed by atoms with Crippen molar-refractivity contribution in [3.63, 3.8) is 0 Å². The predicted octanol–water partition coefficient (Wildman–Crippen LogP) is -0.593. The summed E-state index contributed by atoms with van der Waals surface area (Å²) in [5, 5.41) is 0.280. The van der Waals surface area contributed by atoms with Gasteiger partial charge in [0.05, 0.1) is 7.11 Å². The smallest absolute Gasteiger partial charge is 0.347 e. The Morgan fingerprint density at radius 3 is 2.10 bits per heavy atom. The highest BCUT2D eigenvalue weighted by Gasteiger charge is 2.11. The van der Waals surface area contributed by atoms with Gasteiger partial charge in [-0.1, -0.05) is 0 Å². The summed E-state index contributed by atoms with van der Waals surface area (Å²) < 4.78 is 0. The molecule has 10 heavy (non-hydrogen) atoms. The molecule has 0 heterocycles. The van der Waals surface area contributed by atoms with Crippen molar-refractivity contribution in [1.82, 2.24) is 5.23 Å². The van der Waals surface area contributed by atoms with Crippen LogP contribution in [0.2, 0.25) is 0 Å². The van der Waals surface area contributed by atoms with Gasteiger partial charge in [-0.15, -0.1) is 0 Å². The normalized spacial score (nSPS) is 8.60. The lowest BCUT2D eigenvalue weighted by molar-refractivity contribution is -0.291. The molecule has 0 aliphatic heterocycles. The summed E-state index contributed by atoms with van der Waals surface area (Å²) >= 11 is 0. The molecular weight excluding hydrogens is 140 g/mol. The molecule has 58 valence electrons. The molecule has 6 nitrogen and oxygen atoms in total. The minimum atomic E-state index is -0.988. The van der Waals surface area contributed by atoms with Crippen molar-refractivity contribution < 1.29 is 19.3 Å². The van der Waals surface area contributed by atoms with Gasteiger partial charge < -0.3 is 10.6 Å². The number of amides is 2. The molecule has 0 atom stereocenters. The summed E-state index contributed by atoms with van der Waals surface area (Å²) in [7, 11) is 1.15.